The average Bonchev–Trinajstić information content (AvgIpc) is 1.97. The van der Waals surface area contributed by atoms with Crippen LogP contribution in [0.4, 0.5) is 0 Å². The van der Waals surface area contributed by atoms with E-state index in [1.165, 1.54) is 0 Å². The van der Waals surface area contributed by atoms with Crippen LogP contribution in [0.25, 0.3) is 0 Å². The second kappa shape index (κ2) is 3.49. The van der Waals surface area contributed by atoms with Crippen LogP contribution in [0.2, 0.25) is 0 Å². The van der Waals surface area contributed by atoms with Gasteiger partial charge in [0.2, 0.25) is 0 Å². The van der Waals surface area contributed by atoms with Crippen LogP contribution < -0.4 is 0 Å². The number of rotatable bonds is 1. The predicted octanol–water partition coefficient (Wildman–Crippen LogP) is 1.21. The highest BCUT2D eigenvalue weighted by molar-refractivity contribution is 5.98. The zero-order valence-corrected chi connectivity index (χ0v) is 6.58. The Labute approximate surface area is 66.2 Å². The van der Waals surface area contributed by atoms with Gasteiger partial charge in [0, 0.05) is 12.0 Å². The standard InChI is InChI=1S/C9H12O2/c1-2-4-7-8(10)5-3-6-9(7)11/h3-5,8,10H,2,6H2,1H3. The number of Topliss-reactive ketones (excluding diaryl/α,β-unsaturated/α-hetero) is 1. The SMILES string of the molecule is CCC=C1C(=O)CC=CC1O. The summed E-state index contributed by atoms with van der Waals surface area (Å²) in [5.41, 5.74) is 0.551. The Bertz CT molecular complexity index is 214. The normalized spacial score (nSPS) is 28.0. The molecule has 11 heavy (non-hydrogen) atoms. The van der Waals surface area contributed by atoms with Gasteiger partial charge >= 0.3 is 0 Å². The molecule has 0 aliphatic heterocycles. The molecule has 2 nitrogen and oxygen atoms in total. The predicted molar refractivity (Wildman–Crippen MR) is 43.1 cm³/mol. The summed E-state index contributed by atoms with van der Waals surface area (Å²) in [7, 11) is 0. The Kier molecular flexibility index (Phi) is 2.60. The quantitative estimate of drug-likeness (QED) is 0.453. The zero-order valence-electron chi connectivity index (χ0n) is 6.58. The minimum atomic E-state index is -0.670. The number of aliphatic hydroxyl groups excluding tert-OH is 1. The molecule has 60 valence electrons. The summed E-state index contributed by atoms with van der Waals surface area (Å²) < 4.78 is 0. The molecule has 0 aromatic carbocycles. The molecule has 0 amide bonds. The fourth-order valence-corrected chi connectivity index (χ4v) is 1.14. The molecule has 0 saturated carbocycles. The van der Waals surface area contributed by atoms with Crippen molar-refractivity contribution in [2.24, 2.45) is 0 Å². The molecule has 0 saturated heterocycles. The van der Waals surface area contributed by atoms with Gasteiger partial charge in [0.1, 0.15) is 6.10 Å². The van der Waals surface area contributed by atoms with Crippen LogP contribution in [-0.2, 0) is 4.79 Å². The van der Waals surface area contributed by atoms with Gasteiger partial charge in [-0.25, -0.2) is 0 Å². The van der Waals surface area contributed by atoms with Crippen LogP contribution in [0.15, 0.2) is 23.8 Å². The first kappa shape index (κ1) is 8.21. The molecule has 0 heterocycles. The zero-order chi connectivity index (χ0) is 8.27. The molecule has 0 radical (unpaired) electrons. The number of ketones is 1. The molecule has 0 fully saturated rings. The van der Waals surface area contributed by atoms with Crippen molar-refractivity contribution in [1.29, 1.82) is 0 Å². The van der Waals surface area contributed by atoms with E-state index in [2.05, 4.69) is 0 Å². The van der Waals surface area contributed by atoms with E-state index in [9.17, 15) is 9.90 Å². The first-order chi connectivity index (χ1) is 5.25. The summed E-state index contributed by atoms with van der Waals surface area (Å²) in [4.78, 5) is 11.1. The van der Waals surface area contributed by atoms with Gasteiger partial charge in [-0.2, -0.15) is 0 Å². The van der Waals surface area contributed by atoms with E-state index in [1.54, 1.807) is 18.2 Å². The second-order valence-electron chi connectivity index (χ2n) is 2.57. The first-order valence-corrected chi connectivity index (χ1v) is 3.83. The van der Waals surface area contributed by atoms with Crippen LogP contribution in [0.3, 0.4) is 0 Å². The maximum Gasteiger partial charge on any atom is 0.165 e. The van der Waals surface area contributed by atoms with E-state index in [4.69, 9.17) is 0 Å². The molecule has 2 heteroatoms. The van der Waals surface area contributed by atoms with Crippen molar-refractivity contribution in [1.82, 2.24) is 0 Å². The third-order valence-corrected chi connectivity index (χ3v) is 1.69. The van der Waals surface area contributed by atoms with Crippen molar-refractivity contribution in [2.45, 2.75) is 25.9 Å². The monoisotopic (exact) mass is 152 g/mol. The number of carbonyl (C=O) groups excluding carboxylic acids is 1. The lowest BCUT2D eigenvalue weighted by atomic mass is 9.96. The largest absolute Gasteiger partial charge is 0.384 e. The summed E-state index contributed by atoms with van der Waals surface area (Å²) >= 11 is 0. The van der Waals surface area contributed by atoms with Gasteiger partial charge < -0.3 is 5.11 Å². The van der Waals surface area contributed by atoms with Crippen molar-refractivity contribution < 1.29 is 9.90 Å². The van der Waals surface area contributed by atoms with E-state index >= 15 is 0 Å². The second-order valence-corrected chi connectivity index (χ2v) is 2.57. The molecule has 0 aromatic heterocycles. The van der Waals surface area contributed by atoms with Crippen molar-refractivity contribution in [3.63, 3.8) is 0 Å². The molecule has 1 rings (SSSR count). The van der Waals surface area contributed by atoms with Crippen molar-refractivity contribution in [3.05, 3.63) is 23.8 Å². The Hall–Kier alpha value is -0.890. The molecule has 0 bridgehead atoms. The first-order valence-electron chi connectivity index (χ1n) is 3.83. The summed E-state index contributed by atoms with van der Waals surface area (Å²) in [5.74, 6) is 0.0434. The maximum absolute atomic E-state index is 11.1. The average molecular weight is 152 g/mol. The Morgan fingerprint density at radius 1 is 1.82 bits per heavy atom. The molecule has 1 unspecified atom stereocenters. The molecular weight excluding hydrogens is 140 g/mol. The highest BCUT2D eigenvalue weighted by atomic mass is 16.3. The minimum absolute atomic E-state index is 0.0434. The van der Waals surface area contributed by atoms with Crippen LogP contribution in [0.1, 0.15) is 19.8 Å². The lowest BCUT2D eigenvalue weighted by Gasteiger charge is -2.13. The van der Waals surface area contributed by atoms with Crippen LogP contribution in [-0.4, -0.2) is 17.0 Å². The van der Waals surface area contributed by atoms with E-state index < -0.39 is 6.10 Å². The van der Waals surface area contributed by atoms with Gasteiger partial charge in [0.25, 0.3) is 0 Å². The van der Waals surface area contributed by atoms with Gasteiger partial charge in [0.05, 0.1) is 0 Å². The number of hydrogen-bond acceptors (Lipinski definition) is 2. The Morgan fingerprint density at radius 2 is 2.55 bits per heavy atom. The van der Waals surface area contributed by atoms with E-state index in [-0.39, 0.29) is 5.78 Å². The summed E-state index contributed by atoms with van der Waals surface area (Å²) in [6.45, 7) is 1.95. The maximum atomic E-state index is 11.1. The molecule has 1 N–H and O–H groups in total. The van der Waals surface area contributed by atoms with Crippen LogP contribution in [0, 0.1) is 0 Å². The molecule has 1 atom stereocenters. The minimum Gasteiger partial charge on any atom is -0.384 e. The number of hydrogen-bond donors (Lipinski definition) is 1. The Morgan fingerprint density at radius 3 is 3.09 bits per heavy atom. The van der Waals surface area contributed by atoms with Gasteiger partial charge in [-0.3, -0.25) is 4.79 Å². The third kappa shape index (κ3) is 1.77. The van der Waals surface area contributed by atoms with Crippen LogP contribution >= 0.6 is 0 Å². The number of carbonyl (C=O) groups is 1. The van der Waals surface area contributed by atoms with Gasteiger partial charge in [-0.15, -0.1) is 0 Å². The number of allylic oxidation sites excluding steroid dienone is 2. The van der Waals surface area contributed by atoms with Crippen molar-refractivity contribution in [3.8, 4) is 0 Å². The highest BCUT2D eigenvalue weighted by Gasteiger charge is 2.17. The van der Waals surface area contributed by atoms with Gasteiger partial charge in [-0.05, 0) is 6.42 Å². The summed E-state index contributed by atoms with van der Waals surface area (Å²) in [6.07, 6.45) is 5.71. The number of aliphatic hydroxyl groups is 1. The van der Waals surface area contributed by atoms with Crippen LogP contribution in [0.5, 0.6) is 0 Å². The summed E-state index contributed by atoms with van der Waals surface area (Å²) in [6, 6.07) is 0. The molecule has 0 aromatic rings. The van der Waals surface area contributed by atoms with Crippen molar-refractivity contribution >= 4 is 5.78 Å². The van der Waals surface area contributed by atoms with E-state index in [1.807, 2.05) is 6.92 Å². The van der Waals surface area contributed by atoms with Crippen molar-refractivity contribution in [2.75, 3.05) is 0 Å². The van der Waals surface area contributed by atoms with E-state index in [0.29, 0.717) is 12.0 Å². The fraction of sp³-hybridized carbons (Fsp3) is 0.444. The molecule has 1 aliphatic rings. The lowest BCUT2D eigenvalue weighted by Crippen LogP contribution is -2.19. The summed E-state index contributed by atoms with van der Waals surface area (Å²) in [5, 5.41) is 9.29. The highest BCUT2D eigenvalue weighted by Crippen LogP contribution is 2.14. The molecular formula is C9H12O2. The fourth-order valence-electron chi connectivity index (χ4n) is 1.14. The van der Waals surface area contributed by atoms with E-state index in [0.717, 1.165) is 6.42 Å². The van der Waals surface area contributed by atoms with Gasteiger partial charge in [0.15, 0.2) is 5.78 Å². The third-order valence-electron chi connectivity index (χ3n) is 1.69. The molecule has 1 aliphatic carbocycles. The smallest absolute Gasteiger partial charge is 0.165 e. The van der Waals surface area contributed by atoms with Gasteiger partial charge in [-0.1, -0.05) is 25.2 Å². The molecule has 0 spiro atoms. The lowest BCUT2D eigenvalue weighted by molar-refractivity contribution is -0.115. The topological polar surface area (TPSA) is 37.3 Å². The Balaban J connectivity index is 2.83.